The fourth-order valence-electron chi connectivity index (χ4n) is 3.32. The fraction of sp³-hybridized carbons (Fsp3) is 0.261. The van der Waals surface area contributed by atoms with Gasteiger partial charge >= 0.3 is 0 Å². The van der Waals surface area contributed by atoms with E-state index >= 15 is 0 Å². The van der Waals surface area contributed by atoms with Crippen molar-refractivity contribution in [3.05, 3.63) is 63.8 Å². The molecule has 9 heteroatoms. The second-order valence-corrected chi connectivity index (χ2v) is 10.3. The van der Waals surface area contributed by atoms with E-state index in [1.54, 1.807) is 30.3 Å². The molecule has 4 rings (SSSR count). The SMILES string of the molecule is CCc1cc(C(=O)Nc2ccc(NS(=O)(=O)c3ccc4c(c3)OCCCO4)cc2)sc1C. The Morgan fingerprint density at radius 3 is 2.38 bits per heavy atom. The lowest BCUT2D eigenvalue weighted by atomic mass is 10.2. The van der Waals surface area contributed by atoms with E-state index in [2.05, 4.69) is 17.0 Å². The van der Waals surface area contributed by atoms with E-state index in [4.69, 9.17) is 9.47 Å². The van der Waals surface area contributed by atoms with Crippen molar-refractivity contribution in [1.82, 2.24) is 0 Å². The van der Waals surface area contributed by atoms with Gasteiger partial charge in [-0.3, -0.25) is 9.52 Å². The first kappa shape index (κ1) is 22.2. The number of hydrogen-bond acceptors (Lipinski definition) is 6. The topological polar surface area (TPSA) is 93.7 Å². The summed E-state index contributed by atoms with van der Waals surface area (Å²) >= 11 is 1.46. The van der Waals surface area contributed by atoms with Crippen LogP contribution in [-0.2, 0) is 16.4 Å². The molecule has 0 bridgehead atoms. The van der Waals surface area contributed by atoms with Crippen LogP contribution in [0.15, 0.2) is 53.4 Å². The zero-order valence-electron chi connectivity index (χ0n) is 17.8. The highest BCUT2D eigenvalue weighted by molar-refractivity contribution is 7.92. The van der Waals surface area contributed by atoms with Crippen molar-refractivity contribution in [1.29, 1.82) is 0 Å². The van der Waals surface area contributed by atoms with Crippen molar-refractivity contribution >= 4 is 38.6 Å². The van der Waals surface area contributed by atoms with Crippen LogP contribution in [0.5, 0.6) is 11.5 Å². The van der Waals surface area contributed by atoms with Crippen molar-refractivity contribution in [3.8, 4) is 11.5 Å². The Labute approximate surface area is 191 Å². The molecule has 2 N–H and O–H groups in total. The molecule has 0 saturated heterocycles. The van der Waals surface area contributed by atoms with E-state index in [0.717, 1.165) is 17.7 Å². The summed E-state index contributed by atoms with van der Waals surface area (Å²) in [6.45, 7) is 5.07. The van der Waals surface area contributed by atoms with Crippen molar-refractivity contribution in [2.45, 2.75) is 31.6 Å². The van der Waals surface area contributed by atoms with Crippen molar-refractivity contribution < 1.29 is 22.7 Å². The molecule has 0 radical (unpaired) electrons. The number of rotatable bonds is 6. The molecular weight excluding hydrogens is 448 g/mol. The minimum Gasteiger partial charge on any atom is -0.490 e. The first-order chi connectivity index (χ1) is 15.4. The van der Waals surface area contributed by atoms with Gasteiger partial charge in [-0.2, -0.15) is 0 Å². The van der Waals surface area contributed by atoms with Crippen LogP contribution in [0.25, 0.3) is 0 Å². The first-order valence-corrected chi connectivity index (χ1v) is 12.6. The molecule has 0 fully saturated rings. The molecule has 1 amide bonds. The largest absolute Gasteiger partial charge is 0.490 e. The number of benzene rings is 2. The fourth-order valence-corrected chi connectivity index (χ4v) is 5.40. The Morgan fingerprint density at radius 1 is 1.00 bits per heavy atom. The molecule has 1 aliphatic heterocycles. The summed E-state index contributed by atoms with van der Waals surface area (Å²) in [5.74, 6) is 0.769. The highest BCUT2D eigenvalue weighted by Crippen LogP contribution is 2.32. The van der Waals surface area contributed by atoms with Gasteiger partial charge in [-0.15, -0.1) is 11.3 Å². The van der Waals surface area contributed by atoms with Crippen LogP contribution in [0.1, 0.15) is 33.5 Å². The number of sulfonamides is 1. The van der Waals surface area contributed by atoms with Crippen LogP contribution in [0.3, 0.4) is 0 Å². The zero-order chi connectivity index (χ0) is 22.7. The number of fused-ring (bicyclic) bond motifs is 1. The summed E-state index contributed by atoms with van der Waals surface area (Å²) in [6.07, 6.45) is 1.62. The maximum atomic E-state index is 12.8. The monoisotopic (exact) mass is 472 g/mol. The lowest BCUT2D eigenvalue weighted by Gasteiger charge is -2.12. The summed E-state index contributed by atoms with van der Waals surface area (Å²) in [7, 11) is -3.81. The van der Waals surface area contributed by atoms with Gasteiger partial charge in [0.05, 0.1) is 23.0 Å². The Balaban J connectivity index is 1.45. The number of amides is 1. The van der Waals surface area contributed by atoms with Crippen LogP contribution in [-0.4, -0.2) is 27.5 Å². The smallest absolute Gasteiger partial charge is 0.265 e. The third kappa shape index (κ3) is 4.89. The van der Waals surface area contributed by atoms with E-state index in [9.17, 15) is 13.2 Å². The standard InChI is InChI=1S/C23H24N2O5S2/c1-3-16-13-22(31-15(16)2)23(26)24-17-5-7-18(8-6-17)25-32(27,28)19-9-10-20-21(14-19)30-12-4-11-29-20/h5-10,13-14,25H,3-4,11-12H2,1-2H3,(H,24,26). The van der Waals surface area contributed by atoms with Gasteiger partial charge < -0.3 is 14.8 Å². The summed E-state index contributed by atoms with van der Waals surface area (Å²) in [5.41, 5.74) is 2.13. The summed E-state index contributed by atoms with van der Waals surface area (Å²) < 4.78 is 39.3. The number of anilines is 2. The summed E-state index contributed by atoms with van der Waals surface area (Å²) in [5, 5.41) is 2.85. The van der Waals surface area contributed by atoms with E-state index in [1.165, 1.54) is 29.0 Å². The molecule has 168 valence electrons. The number of nitrogens with one attached hydrogen (secondary N) is 2. The second kappa shape index (κ2) is 9.22. The van der Waals surface area contributed by atoms with Crippen molar-refractivity contribution in [2.75, 3.05) is 23.3 Å². The first-order valence-electron chi connectivity index (χ1n) is 10.3. The van der Waals surface area contributed by atoms with Crippen molar-refractivity contribution in [2.24, 2.45) is 0 Å². The molecule has 0 atom stereocenters. The molecule has 1 aromatic heterocycles. The number of ether oxygens (including phenoxy) is 2. The lowest BCUT2D eigenvalue weighted by molar-refractivity contribution is 0.103. The molecule has 2 aromatic carbocycles. The number of carbonyl (C=O) groups excluding carboxylic acids is 1. The van der Waals surface area contributed by atoms with Gasteiger partial charge in [0.15, 0.2) is 11.5 Å². The predicted molar refractivity (Wildman–Crippen MR) is 126 cm³/mol. The highest BCUT2D eigenvalue weighted by atomic mass is 32.2. The quantitative estimate of drug-likeness (QED) is 0.536. The average Bonchev–Trinajstić information content (AvgIpc) is 3.00. The second-order valence-electron chi connectivity index (χ2n) is 7.34. The Morgan fingerprint density at radius 2 is 1.69 bits per heavy atom. The minimum absolute atomic E-state index is 0.0823. The molecule has 7 nitrogen and oxygen atoms in total. The van der Waals surface area contributed by atoms with Crippen LogP contribution >= 0.6 is 11.3 Å². The molecule has 0 aliphatic carbocycles. The lowest BCUT2D eigenvalue weighted by Crippen LogP contribution is -2.13. The molecule has 2 heterocycles. The van der Waals surface area contributed by atoms with Gasteiger partial charge in [0.2, 0.25) is 0 Å². The predicted octanol–water partition coefficient (Wildman–Crippen LogP) is 4.83. The maximum absolute atomic E-state index is 12.8. The van der Waals surface area contributed by atoms with E-state index in [1.807, 2.05) is 13.0 Å². The maximum Gasteiger partial charge on any atom is 0.265 e. The average molecular weight is 473 g/mol. The Kier molecular flexibility index (Phi) is 6.38. The molecule has 32 heavy (non-hydrogen) atoms. The van der Waals surface area contributed by atoms with Gasteiger partial charge in [0, 0.05) is 28.7 Å². The summed E-state index contributed by atoms with van der Waals surface area (Å²) in [6, 6.07) is 13.0. The van der Waals surface area contributed by atoms with Crippen LogP contribution in [0.4, 0.5) is 11.4 Å². The zero-order valence-corrected chi connectivity index (χ0v) is 19.4. The number of aryl methyl sites for hydroxylation is 2. The van der Waals surface area contributed by atoms with Crippen molar-refractivity contribution in [3.63, 3.8) is 0 Å². The third-order valence-corrected chi connectivity index (χ3v) is 7.52. The molecule has 0 unspecified atom stereocenters. The molecule has 0 saturated carbocycles. The van der Waals surface area contributed by atoms with Gasteiger partial charge in [0.25, 0.3) is 15.9 Å². The van der Waals surface area contributed by atoms with Crippen LogP contribution in [0, 0.1) is 6.92 Å². The van der Waals surface area contributed by atoms with E-state index in [-0.39, 0.29) is 10.8 Å². The Bertz CT molecular complexity index is 1230. The van der Waals surface area contributed by atoms with Gasteiger partial charge in [-0.1, -0.05) is 6.92 Å². The van der Waals surface area contributed by atoms with Crippen LogP contribution < -0.4 is 19.5 Å². The molecule has 3 aromatic rings. The van der Waals surface area contributed by atoms with Gasteiger partial charge in [0.1, 0.15) is 0 Å². The molecule has 1 aliphatic rings. The molecule has 0 spiro atoms. The van der Waals surface area contributed by atoms with E-state index < -0.39 is 10.0 Å². The van der Waals surface area contributed by atoms with Gasteiger partial charge in [-0.05, 0) is 61.4 Å². The highest BCUT2D eigenvalue weighted by Gasteiger charge is 2.19. The van der Waals surface area contributed by atoms with Gasteiger partial charge in [-0.25, -0.2) is 8.42 Å². The number of thiophene rings is 1. The third-order valence-electron chi connectivity index (χ3n) is 5.05. The Hall–Kier alpha value is -3.04. The normalized spacial score (nSPS) is 13.3. The summed E-state index contributed by atoms with van der Waals surface area (Å²) in [4.78, 5) is 14.4. The number of carbonyl (C=O) groups is 1. The van der Waals surface area contributed by atoms with E-state index in [0.29, 0.717) is 41.0 Å². The van der Waals surface area contributed by atoms with Crippen LogP contribution in [0.2, 0.25) is 0 Å². The number of hydrogen-bond donors (Lipinski definition) is 2. The molecular formula is C23H24N2O5S2. The minimum atomic E-state index is -3.81.